The molecule has 2 amide bonds. The van der Waals surface area contributed by atoms with Gasteiger partial charge in [0.05, 0.1) is 12.5 Å². The number of nitrogens with one attached hydrogen (secondary N) is 1. The normalized spacial score (nSPS) is 20.6. The first-order valence-corrected chi connectivity index (χ1v) is 9.26. The van der Waals surface area contributed by atoms with Crippen LogP contribution in [-0.4, -0.2) is 24.5 Å². The van der Waals surface area contributed by atoms with Crippen molar-refractivity contribution in [1.29, 1.82) is 0 Å². The standard InChI is InChI=1S/C20H30N2O3/c1-14-10-11-16(13-15(14)2)25-12-6-9-19(23)22-18-8-5-3-4-7-17(18)20(21)24/h10-11,13,17-18H,3-9,12H2,1-2H3,(H2,21,24)(H,22,23)/t17-,18+/m1/s1. The summed E-state index contributed by atoms with van der Waals surface area (Å²) in [4.78, 5) is 23.8. The summed E-state index contributed by atoms with van der Waals surface area (Å²) in [5, 5.41) is 3.01. The van der Waals surface area contributed by atoms with Crippen molar-refractivity contribution in [2.24, 2.45) is 11.7 Å². The highest BCUT2D eigenvalue weighted by Crippen LogP contribution is 2.23. The van der Waals surface area contributed by atoms with E-state index in [1.165, 1.54) is 11.1 Å². The Hall–Kier alpha value is -2.04. The molecule has 1 aromatic carbocycles. The van der Waals surface area contributed by atoms with Gasteiger partial charge in [-0.25, -0.2) is 0 Å². The Morgan fingerprint density at radius 1 is 1.16 bits per heavy atom. The highest BCUT2D eigenvalue weighted by Gasteiger charge is 2.28. The summed E-state index contributed by atoms with van der Waals surface area (Å²) in [7, 11) is 0. The fourth-order valence-corrected chi connectivity index (χ4v) is 3.33. The topological polar surface area (TPSA) is 81.4 Å². The van der Waals surface area contributed by atoms with Gasteiger partial charge in [-0.2, -0.15) is 0 Å². The fourth-order valence-electron chi connectivity index (χ4n) is 3.33. The lowest BCUT2D eigenvalue weighted by molar-refractivity contribution is -0.125. The molecule has 0 aromatic heterocycles. The molecule has 2 rings (SSSR count). The Morgan fingerprint density at radius 3 is 2.64 bits per heavy atom. The Morgan fingerprint density at radius 2 is 1.92 bits per heavy atom. The third-order valence-corrected chi connectivity index (χ3v) is 5.02. The number of aryl methyl sites for hydroxylation is 2. The van der Waals surface area contributed by atoms with Crippen molar-refractivity contribution >= 4 is 11.8 Å². The van der Waals surface area contributed by atoms with Crippen molar-refractivity contribution in [1.82, 2.24) is 5.32 Å². The van der Waals surface area contributed by atoms with Crippen LogP contribution in [0.3, 0.4) is 0 Å². The lowest BCUT2D eigenvalue weighted by Gasteiger charge is -2.23. The zero-order valence-corrected chi connectivity index (χ0v) is 15.3. The van der Waals surface area contributed by atoms with Gasteiger partial charge in [0.2, 0.25) is 11.8 Å². The van der Waals surface area contributed by atoms with Gasteiger partial charge in [0.25, 0.3) is 0 Å². The van der Waals surface area contributed by atoms with E-state index >= 15 is 0 Å². The number of primary amides is 1. The van der Waals surface area contributed by atoms with Gasteiger partial charge in [0, 0.05) is 12.5 Å². The molecule has 0 saturated heterocycles. The molecule has 1 fully saturated rings. The summed E-state index contributed by atoms with van der Waals surface area (Å²) in [6.45, 7) is 4.62. The summed E-state index contributed by atoms with van der Waals surface area (Å²) in [5.41, 5.74) is 7.93. The number of hydrogen-bond acceptors (Lipinski definition) is 3. The molecule has 0 bridgehead atoms. The maximum atomic E-state index is 12.2. The second-order valence-electron chi connectivity index (χ2n) is 7.02. The average Bonchev–Trinajstić information content (AvgIpc) is 2.80. The monoisotopic (exact) mass is 346 g/mol. The van der Waals surface area contributed by atoms with E-state index in [1.807, 2.05) is 18.2 Å². The van der Waals surface area contributed by atoms with E-state index in [0.29, 0.717) is 19.4 Å². The van der Waals surface area contributed by atoms with Gasteiger partial charge < -0.3 is 15.8 Å². The molecule has 0 radical (unpaired) electrons. The summed E-state index contributed by atoms with van der Waals surface area (Å²) in [5.74, 6) is 0.270. The van der Waals surface area contributed by atoms with Crippen LogP contribution in [0.2, 0.25) is 0 Å². The van der Waals surface area contributed by atoms with Gasteiger partial charge in [-0.15, -0.1) is 0 Å². The highest BCUT2D eigenvalue weighted by molar-refractivity contribution is 5.80. The first-order chi connectivity index (χ1) is 12.0. The summed E-state index contributed by atoms with van der Waals surface area (Å²) in [6, 6.07) is 5.88. The molecule has 1 saturated carbocycles. The summed E-state index contributed by atoms with van der Waals surface area (Å²) in [6.07, 6.45) is 5.78. The van der Waals surface area contributed by atoms with Gasteiger partial charge in [-0.3, -0.25) is 9.59 Å². The highest BCUT2D eigenvalue weighted by atomic mass is 16.5. The smallest absolute Gasteiger partial charge is 0.222 e. The molecular weight excluding hydrogens is 316 g/mol. The third kappa shape index (κ3) is 6.07. The minimum atomic E-state index is -0.301. The van der Waals surface area contributed by atoms with Crippen molar-refractivity contribution in [2.75, 3.05) is 6.61 Å². The van der Waals surface area contributed by atoms with Gasteiger partial charge >= 0.3 is 0 Å². The number of rotatable bonds is 7. The van der Waals surface area contributed by atoms with Crippen LogP contribution in [0.4, 0.5) is 0 Å². The molecule has 0 heterocycles. The van der Waals surface area contributed by atoms with Crippen LogP contribution in [0.1, 0.15) is 56.1 Å². The first kappa shape index (κ1) is 19.3. The van der Waals surface area contributed by atoms with Crippen molar-refractivity contribution in [2.45, 2.75) is 64.8 Å². The van der Waals surface area contributed by atoms with E-state index in [2.05, 4.69) is 19.2 Å². The summed E-state index contributed by atoms with van der Waals surface area (Å²) < 4.78 is 5.71. The van der Waals surface area contributed by atoms with E-state index in [9.17, 15) is 9.59 Å². The Bertz CT molecular complexity index is 601. The van der Waals surface area contributed by atoms with Gasteiger partial charge in [-0.05, 0) is 56.4 Å². The van der Waals surface area contributed by atoms with Crippen LogP contribution in [0.15, 0.2) is 18.2 Å². The molecule has 0 spiro atoms. The molecule has 25 heavy (non-hydrogen) atoms. The first-order valence-electron chi connectivity index (χ1n) is 9.26. The lowest BCUT2D eigenvalue weighted by Crippen LogP contribution is -2.44. The minimum Gasteiger partial charge on any atom is -0.494 e. The zero-order valence-electron chi connectivity index (χ0n) is 15.3. The van der Waals surface area contributed by atoms with Crippen LogP contribution in [-0.2, 0) is 9.59 Å². The molecule has 0 aliphatic heterocycles. The van der Waals surface area contributed by atoms with E-state index < -0.39 is 0 Å². The van der Waals surface area contributed by atoms with Crippen LogP contribution in [0.5, 0.6) is 5.75 Å². The van der Waals surface area contributed by atoms with E-state index in [4.69, 9.17) is 10.5 Å². The number of benzene rings is 1. The average molecular weight is 346 g/mol. The molecule has 5 nitrogen and oxygen atoms in total. The molecule has 138 valence electrons. The molecule has 3 N–H and O–H groups in total. The largest absolute Gasteiger partial charge is 0.494 e. The van der Waals surface area contributed by atoms with Crippen LogP contribution >= 0.6 is 0 Å². The minimum absolute atomic E-state index is 0.0261. The molecular formula is C20H30N2O3. The quantitative estimate of drug-likeness (QED) is 0.588. The molecule has 1 aliphatic rings. The number of carbonyl (C=O) groups is 2. The van der Waals surface area contributed by atoms with Crippen molar-refractivity contribution in [3.8, 4) is 5.75 Å². The van der Waals surface area contributed by atoms with Crippen molar-refractivity contribution < 1.29 is 14.3 Å². The van der Waals surface area contributed by atoms with E-state index in [0.717, 1.165) is 37.9 Å². The van der Waals surface area contributed by atoms with Gasteiger partial charge in [0.1, 0.15) is 5.75 Å². The second-order valence-corrected chi connectivity index (χ2v) is 7.02. The van der Waals surface area contributed by atoms with E-state index in [1.54, 1.807) is 0 Å². The Labute approximate surface area is 150 Å². The van der Waals surface area contributed by atoms with Crippen LogP contribution in [0, 0.1) is 19.8 Å². The number of hydrogen-bond donors (Lipinski definition) is 2. The maximum Gasteiger partial charge on any atom is 0.222 e. The van der Waals surface area contributed by atoms with Crippen LogP contribution < -0.4 is 15.8 Å². The second kappa shape index (κ2) is 9.44. The molecule has 0 unspecified atom stereocenters. The molecule has 5 heteroatoms. The Balaban J connectivity index is 1.74. The third-order valence-electron chi connectivity index (χ3n) is 5.02. The molecule has 1 aliphatic carbocycles. The van der Waals surface area contributed by atoms with E-state index in [-0.39, 0.29) is 23.8 Å². The Kier molecular flexibility index (Phi) is 7.29. The maximum absolute atomic E-state index is 12.2. The number of amides is 2. The predicted molar refractivity (Wildman–Crippen MR) is 98.3 cm³/mol. The summed E-state index contributed by atoms with van der Waals surface area (Å²) >= 11 is 0. The molecule has 2 atom stereocenters. The predicted octanol–water partition coefficient (Wildman–Crippen LogP) is 3.01. The van der Waals surface area contributed by atoms with Gasteiger partial charge in [0.15, 0.2) is 0 Å². The van der Waals surface area contributed by atoms with Crippen molar-refractivity contribution in [3.63, 3.8) is 0 Å². The number of ether oxygens (including phenoxy) is 1. The fraction of sp³-hybridized carbons (Fsp3) is 0.600. The molecule has 1 aromatic rings. The number of nitrogens with two attached hydrogens (primary N) is 1. The zero-order chi connectivity index (χ0) is 18.2. The SMILES string of the molecule is Cc1ccc(OCCCC(=O)N[C@H]2CCCCC[C@H]2C(N)=O)cc1C. The number of carbonyl (C=O) groups excluding carboxylic acids is 2. The van der Waals surface area contributed by atoms with Crippen LogP contribution in [0.25, 0.3) is 0 Å². The van der Waals surface area contributed by atoms with Gasteiger partial charge in [-0.1, -0.05) is 25.3 Å². The van der Waals surface area contributed by atoms with Crippen molar-refractivity contribution in [3.05, 3.63) is 29.3 Å². The lowest BCUT2D eigenvalue weighted by atomic mass is 9.94.